The lowest BCUT2D eigenvalue weighted by atomic mass is 9.96. The number of hydrogen-bond acceptors (Lipinski definition) is 4. The first kappa shape index (κ1) is 16.2. The fourth-order valence-corrected chi connectivity index (χ4v) is 1.30. The van der Waals surface area contributed by atoms with Crippen LogP contribution in [0.3, 0.4) is 0 Å². The van der Waals surface area contributed by atoms with Crippen molar-refractivity contribution in [2.45, 2.75) is 53.4 Å². The van der Waals surface area contributed by atoms with Gasteiger partial charge in [0.25, 0.3) is 0 Å². The molecule has 102 valence electrons. The van der Waals surface area contributed by atoms with E-state index in [-0.39, 0.29) is 12.0 Å². The molecule has 0 aliphatic rings. The molecule has 0 rings (SSSR count). The summed E-state index contributed by atoms with van der Waals surface area (Å²) < 4.78 is 5.21. The summed E-state index contributed by atoms with van der Waals surface area (Å²) in [5.74, 6) is 0. The average molecular weight is 247 g/mol. The van der Waals surface area contributed by atoms with Gasteiger partial charge in [-0.15, -0.1) is 0 Å². The summed E-state index contributed by atoms with van der Waals surface area (Å²) in [6, 6.07) is 0. The molecule has 0 bridgehead atoms. The molecule has 1 amide bonds. The molecule has 17 heavy (non-hydrogen) atoms. The number of aliphatic hydroxyl groups excluding tert-OH is 1. The van der Waals surface area contributed by atoms with E-state index in [0.717, 1.165) is 0 Å². The molecule has 0 heterocycles. The minimum atomic E-state index is -1.55. The van der Waals surface area contributed by atoms with Crippen molar-refractivity contribution in [3.05, 3.63) is 0 Å². The van der Waals surface area contributed by atoms with Gasteiger partial charge in [-0.1, -0.05) is 20.8 Å². The third-order valence-electron chi connectivity index (χ3n) is 1.70. The highest BCUT2D eigenvalue weighted by atomic mass is 16.6. The SMILES string of the molecule is CC(C)(C)CN(CC(O)O)C(=O)OC(C)(C)C. The highest BCUT2D eigenvalue weighted by Crippen LogP contribution is 2.18. The van der Waals surface area contributed by atoms with Crippen molar-refractivity contribution in [1.29, 1.82) is 0 Å². The molecule has 0 spiro atoms. The maximum atomic E-state index is 11.9. The Morgan fingerprint density at radius 2 is 1.65 bits per heavy atom. The first-order chi connectivity index (χ1) is 7.41. The maximum Gasteiger partial charge on any atom is 0.410 e. The van der Waals surface area contributed by atoms with Crippen LogP contribution >= 0.6 is 0 Å². The molecule has 0 aromatic heterocycles. The van der Waals surface area contributed by atoms with Gasteiger partial charge < -0.3 is 19.8 Å². The number of ether oxygens (including phenoxy) is 1. The lowest BCUT2D eigenvalue weighted by Gasteiger charge is -2.32. The molecule has 0 saturated heterocycles. The van der Waals surface area contributed by atoms with Gasteiger partial charge >= 0.3 is 6.09 Å². The Morgan fingerprint density at radius 3 is 1.94 bits per heavy atom. The zero-order valence-electron chi connectivity index (χ0n) is 11.6. The van der Waals surface area contributed by atoms with E-state index < -0.39 is 18.0 Å². The Balaban J connectivity index is 4.63. The van der Waals surface area contributed by atoms with Gasteiger partial charge in [-0.25, -0.2) is 4.79 Å². The monoisotopic (exact) mass is 247 g/mol. The first-order valence-corrected chi connectivity index (χ1v) is 5.75. The number of aliphatic hydroxyl groups is 2. The average Bonchev–Trinajstić information content (AvgIpc) is 1.95. The summed E-state index contributed by atoms with van der Waals surface area (Å²) in [6.07, 6.45) is -2.08. The molecule has 0 radical (unpaired) electrons. The predicted octanol–water partition coefficient (Wildman–Crippen LogP) is 1.58. The second-order valence-electron chi connectivity index (χ2n) is 6.40. The van der Waals surface area contributed by atoms with Crippen LogP contribution in [0.4, 0.5) is 4.79 Å². The topological polar surface area (TPSA) is 70.0 Å². The molecule has 0 unspecified atom stereocenters. The van der Waals surface area contributed by atoms with Crippen LogP contribution in [0.25, 0.3) is 0 Å². The predicted molar refractivity (Wildman–Crippen MR) is 65.5 cm³/mol. The van der Waals surface area contributed by atoms with Crippen LogP contribution in [0.1, 0.15) is 41.5 Å². The van der Waals surface area contributed by atoms with E-state index in [1.807, 2.05) is 20.8 Å². The van der Waals surface area contributed by atoms with Gasteiger partial charge in [0, 0.05) is 6.54 Å². The summed E-state index contributed by atoms with van der Waals surface area (Å²) in [5.41, 5.74) is -0.723. The fourth-order valence-electron chi connectivity index (χ4n) is 1.30. The Hall–Kier alpha value is -0.810. The Morgan fingerprint density at radius 1 is 1.18 bits per heavy atom. The van der Waals surface area contributed by atoms with Gasteiger partial charge in [0.1, 0.15) is 5.60 Å². The summed E-state index contributed by atoms with van der Waals surface area (Å²) in [5, 5.41) is 17.9. The fraction of sp³-hybridized carbons (Fsp3) is 0.917. The maximum absolute atomic E-state index is 11.9. The van der Waals surface area contributed by atoms with Crippen molar-refractivity contribution in [1.82, 2.24) is 4.90 Å². The Labute approximate surface area is 103 Å². The number of hydrogen-bond donors (Lipinski definition) is 2. The van der Waals surface area contributed by atoms with Crippen molar-refractivity contribution < 1.29 is 19.7 Å². The van der Waals surface area contributed by atoms with Crippen molar-refractivity contribution in [3.63, 3.8) is 0 Å². The van der Waals surface area contributed by atoms with Gasteiger partial charge in [0.15, 0.2) is 6.29 Å². The molecule has 0 aromatic rings. The number of rotatable bonds is 3. The van der Waals surface area contributed by atoms with E-state index in [4.69, 9.17) is 14.9 Å². The number of carbonyl (C=O) groups excluding carboxylic acids is 1. The van der Waals surface area contributed by atoms with E-state index in [1.165, 1.54) is 4.90 Å². The van der Waals surface area contributed by atoms with Crippen molar-refractivity contribution in [2.24, 2.45) is 5.41 Å². The van der Waals surface area contributed by atoms with Crippen LogP contribution in [0.5, 0.6) is 0 Å². The zero-order chi connectivity index (χ0) is 13.9. The van der Waals surface area contributed by atoms with Crippen LogP contribution in [-0.2, 0) is 4.74 Å². The summed E-state index contributed by atoms with van der Waals surface area (Å²) in [4.78, 5) is 13.2. The zero-order valence-corrected chi connectivity index (χ0v) is 11.6. The van der Waals surface area contributed by atoms with Crippen LogP contribution in [0.2, 0.25) is 0 Å². The lowest BCUT2D eigenvalue weighted by molar-refractivity contribution is -0.0687. The van der Waals surface area contributed by atoms with Gasteiger partial charge in [0.2, 0.25) is 0 Å². The smallest absolute Gasteiger partial charge is 0.410 e. The second-order valence-corrected chi connectivity index (χ2v) is 6.40. The molecule has 2 N–H and O–H groups in total. The normalized spacial score (nSPS) is 12.8. The first-order valence-electron chi connectivity index (χ1n) is 5.75. The Bertz CT molecular complexity index is 250. The summed E-state index contributed by atoms with van der Waals surface area (Å²) in [7, 11) is 0. The molecule has 0 fully saturated rings. The summed E-state index contributed by atoms with van der Waals surface area (Å²) >= 11 is 0. The number of carbonyl (C=O) groups is 1. The number of nitrogens with zero attached hydrogens (tertiary/aromatic N) is 1. The van der Waals surface area contributed by atoms with Gasteiger partial charge in [0.05, 0.1) is 6.54 Å². The van der Waals surface area contributed by atoms with Crippen LogP contribution in [-0.4, -0.2) is 46.2 Å². The molecule has 0 saturated carbocycles. The highest BCUT2D eigenvalue weighted by molar-refractivity contribution is 5.68. The highest BCUT2D eigenvalue weighted by Gasteiger charge is 2.27. The van der Waals surface area contributed by atoms with Crippen molar-refractivity contribution in [2.75, 3.05) is 13.1 Å². The van der Waals surface area contributed by atoms with Gasteiger partial charge in [-0.05, 0) is 26.2 Å². The summed E-state index contributed by atoms with van der Waals surface area (Å²) in [6.45, 7) is 11.5. The Kier molecular flexibility index (Phi) is 5.42. The van der Waals surface area contributed by atoms with E-state index in [9.17, 15) is 4.79 Å². The minimum absolute atomic E-state index is 0.133. The molecular formula is C12H25NO4. The van der Waals surface area contributed by atoms with Gasteiger partial charge in [-0.3, -0.25) is 0 Å². The molecule has 0 aliphatic carbocycles. The molecule has 0 atom stereocenters. The van der Waals surface area contributed by atoms with E-state index in [1.54, 1.807) is 20.8 Å². The third-order valence-corrected chi connectivity index (χ3v) is 1.70. The third kappa shape index (κ3) is 8.94. The van der Waals surface area contributed by atoms with E-state index in [2.05, 4.69) is 0 Å². The molecule has 0 aromatic carbocycles. The quantitative estimate of drug-likeness (QED) is 0.743. The van der Waals surface area contributed by atoms with Gasteiger partial charge in [-0.2, -0.15) is 0 Å². The minimum Gasteiger partial charge on any atom is -0.444 e. The number of amides is 1. The van der Waals surface area contributed by atoms with E-state index >= 15 is 0 Å². The molecule has 5 heteroatoms. The largest absolute Gasteiger partial charge is 0.444 e. The van der Waals surface area contributed by atoms with Crippen LogP contribution in [0.15, 0.2) is 0 Å². The van der Waals surface area contributed by atoms with Crippen LogP contribution in [0, 0.1) is 5.41 Å². The standard InChI is InChI=1S/C12H25NO4/c1-11(2,3)8-13(7-9(14)15)10(16)17-12(4,5)6/h9,14-15H,7-8H2,1-6H3. The van der Waals surface area contributed by atoms with Crippen molar-refractivity contribution in [3.8, 4) is 0 Å². The second kappa shape index (κ2) is 5.69. The molecular weight excluding hydrogens is 222 g/mol. The molecule has 5 nitrogen and oxygen atoms in total. The van der Waals surface area contributed by atoms with Crippen LogP contribution < -0.4 is 0 Å². The van der Waals surface area contributed by atoms with Crippen molar-refractivity contribution >= 4 is 6.09 Å². The van der Waals surface area contributed by atoms with E-state index in [0.29, 0.717) is 6.54 Å². The molecule has 0 aliphatic heterocycles. The lowest BCUT2D eigenvalue weighted by Crippen LogP contribution is -2.44.